The third kappa shape index (κ3) is 5.33. The van der Waals surface area contributed by atoms with Crippen LogP contribution in [0.4, 0.5) is 5.69 Å². The van der Waals surface area contributed by atoms with Crippen LogP contribution in [0.15, 0.2) is 54.7 Å². The number of carbonyl (C=O) groups is 1. The first kappa shape index (κ1) is 24.2. The van der Waals surface area contributed by atoms with Crippen LogP contribution in [0.1, 0.15) is 15.9 Å². The zero-order valence-electron chi connectivity index (χ0n) is 20.7. The Bertz CT molecular complexity index is 1360. The molecule has 1 aliphatic heterocycles. The Kier molecular flexibility index (Phi) is 7.13. The number of hydrogen-bond acceptors (Lipinski definition) is 8. The molecular formula is C27H29N5O3S. The van der Waals surface area contributed by atoms with Crippen molar-refractivity contribution in [2.75, 3.05) is 52.8 Å². The number of methoxy groups -OCH3 is 2. The summed E-state index contributed by atoms with van der Waals surface area (Å²) in [6.07, 6.45) is 1.95. The Morgan fingerprint density at radius 2 is 1.75 bits per heavy atom. The summed E-state index contributed by atoms with van der Waals surface area (Å²) in [4.78, 5) is 28.4. The number of ether oxygens (including phenoxy) is 2. The average molecular weight is 504 g/mol. The number of aromatic nitrogens is 2. The van der Waals surface area contributed by atoms with Crippen LogP contribution in [-0.4, -0.2) is 73.1 Å². The number of rotatable bonds is 7. The van der Waals surface area contributed by atoms with Crippen LogP contribution in [0.2, 0.25) is 0 Å². The minimum absolute atomic E-state index is 0.256. The monoisotopic (exact) mass is 503 g/mol. The summed E-state index contributed by atoms with van der Waals surface area (Å²) < 4.78 is 10.6. The zero-order valence-corrected chi connectivity index (χ0v) is 21.5. The third-order valence-electron chi connectivity index (χ3n) is 6.33. The Morgan fingerprint density at radius 3 is 2.47 bits per heavy atom. The van der Waals surface area contributed by atoms with Crippen molar-refractivity contribution >= 4 is 33.3 Å². The molecule has 2 aromatic heterocycles. The Hall–Kier alpha value is -3.53. The first-order valence-corrected chi connectivity index (χ1v) is 12.6. The first-order chi connectivity index (χ1) is 17.5. The van der Waals surface area contributed by atoms with E-state index in [0.29, 0.717) is 22.7 Å². The fraction of sp³-hybridized carbons (Fsp3) is 0.296. The lowest BCUT2D eigenvalue weighted by Gasteiger charge is -2.32. The zero-order chi connectivity index (χ0) is 25.1. The highest BCUT2D eigenvalue weighted by Crippen LogP contribution is 2.34. The molecular weight excluding hydrogens is 474 g/mol. The molecule has 4 aromatic rings. The summed E-state index contributed by atoms with van der Waals surface area (Å²) in [5, 5.41) is 3.84. The molecule has 36 heavy (non-hydrogen) atoms. The first-order valence-electron chi connectivity index (χ1n) is 11.8. The molecule has 0 unspecified atom stereocenters. The molecule has 1 fully saturated rings. The van der Waals surface area contributed by atoms with Gasteiger partial charge in [0.15, 0.2) is 0 Å². The van der Waals surface area contributed by atoms with E-state index in [4.69, 9.17) is 14.5 Å². The van der Waals surface area contributed by atoms with Gasteiger partial charge in [-0.05, 0) is 42.9 Å². The maximum absolute atomic E-state index is 13.1. The molecule has 0 radical (unpaired) electrons. The molecule has 1 N–H and O–H groups in total. The van der Waals surface area contributed by atoms with E-state index in [0.717, 1.165) is 59.2 Å². The molecule has 0 aliphatic carbocycles. The second-order valence-electron chi connectivity index (χ2n) is 8.87. The van der Waals surface area contributed by atoms with Crippen molar-refractivity contribution in [1.29, 1.82) is 0 Å². The number of para-hydroxylation sites is 1. The van der Waals surface area contributed by atoms with Crippen molar-refractivity contribution in [3.63, 3.8) is 0 Å². The Balaban J connectivity index is 1.38. The number of anilines is 1. The van der Waals surface area contributed by atoms with Crippen LogP contribution in [0, 0.1) is 0 Å². The van der Waals surface area contributed by atoms with Gasteiger partial charge in [-0.2, -0.15) is 0 Å². The third-order valence-corrected chi connectivity index (χ3v) is 7.34. The Labute approximate surface area is 214 Å². The standard InChI is InChI=1S/C27H29N5O3S/c1-31-8-10-32(11-9-31)17-18-12-24-27(28-16-18)36-26(30-24)22-6-4-5-7-23(22)29-25(33)19-13-20(34-2)15-21(14-19)35-3/h4-7,12-16H,8-11,17H2,1-3H3,(H,29,33). The van der Waals surface area contributed by atoms with Crippen molar-refractivity contribution in [2.24, 2.45) is 0 Å². The molecule has 2 aromatic carbocycles. The summed E-state index contributed by atoms with van der Waals surface area (Å²) in [6, 6.07) is 14.9. The van der Waals surface area contributed by atoms with E-state index in [2.05, 4.69) is 33.2 Å². The lowest BCUT2D eigenvalue weighted by atomic mass is 10.1. The molecule has 3 heterocycles. The highest BCUT2D eigenvalue weighted by atomic mass is 32.1. The lowest BCUT2D eigenvalue weighted by Crippen LogP contribution is -2.43. The van der Waals surface area contributed by atoms with E-state index < -0.39 is 0 Å². The number of piperazine rings is 1. The molecule has 0 saturated carbocycles. The number of benzene rings is 2. The lowest BCUT2D eigenvalue weighted by molar-refractivity contribution is 0.102. The molecule has 9 heteroatoms. The predicted molar refractivity (Wildman–Crippen MR) is 143 cm³/mol. The SMILES string of the molecule is COc1cc(OC)cc(C(=O)Nc2ccccc2-c2nc3cc(CN4CCN(C)CC4)cnc3s2)c1. The molecule has 0 spiro atoms. The van der Waals surface area contributed by atoms with E-state index >= 15 is 0 Å². The van der Waals surface area contributed by atoms with E-state index in [1.807, 2.05) is 30.5 Å². The van der Waals surface area contributed by atoms with Gasteiger partial charge in [-0.15, -0.1) is 0 Å². The second-order valence-corrected chi connectivity index (χ2v) is 9.84. The number of thiazole rings is 1. The highest BCUT2D eigenvalue weighted by Gasteiger charge is 2.17. The van der Waals surface area contributed by atoms with Gasteiger partial charge >= 0.3 is 0 Å². The maximum Gasteiger partial charge on any atom is 0.255 e. The number of hydrogen-bond donors (Lipinski definition) is 1. The van der Waals surface area contributed by atoms with Crippen LogP contribution in [0.5, 0.6) is 11.5 Å². The molecule has 1 aliphatic rings. The van der Waals surface area contributed by atoms with E-state index in [1.54, 1.807) is 32.4 Å². The molecule has 5 rings (SSSR count). The molecule has 0 bridgehead atoms. The minimum Gasteiger partial charge on any atom is -0.497 e. The van der Waals surface area contributed by atoms with Crippen molar-refractivity contribution in [2.45, 2.75) is 6.54 Å². The van der Waals surface area contributed by atoms with Crippen LogP contribution in [0.3, 0.4) is 0 Å². The normalized spacial score (nSPS) is 14.6. The number of pyridine rings is 1. The van der Waals surface area contributed by atoms with Crippen LogP contribution < -0.4 is 14.8 Å². The molecule has 1 saturated heterocycles. The summed E-state index contributed by atoms with van der Waals surface area (Å²) in [5.41, 5.74) is 4.02. The average Bonchev–Trinajstić information content (AvgIpc) is 3.33. The highest BCUT2D eigenvalue weighted by molar-refractivity contribution is 7.21. The largest absolute Gasteiger partial charge is 0.497 e. The van der Waals surface area contributed by atoms with Gasteiger partial charge in [0.25, 0.3) is 5.91 Å². The van der Waals surface area contributed by atoms with Crippen molar-refractivity contribution in [1.82, 2.24) is 19.8 Å². The number of nitrogens with zero attached hydrogens (tertiary/aromatic N) is 4. The van der Waals surface area contributed by atoms with E-state index in [-0.39, 0.29) is 5.91 Å². The number of likely N-dealkylation sites (N-methyl/N-ethyl adjacent to an activating group) is 1. The topological polar surface area (TPSA) is 79.8 Å². The van der Waals surface area contributed by atoms with E-state index in [1.165, 1.54) is 11.3 Å². The van der Waals surface area contributed by atoms with Gasteiger partial charge < -0.3 is 19.7 Å². The maximum atomic E-state index is 13.1. The number of fused-ring (bicyclic) bond motifs is 1. The Morgan fingerprint density at radius 1 is 1.03 bits per heavy atom. The summed E-state index contributed by atoms with van der Waals surface area (Å²) in [7, 11) is 5.28. The van der Waals surface area contributed by atoms with Crippen molar-refractivity contribution in [3.05, 3.63) is 65.9 Å². The summed E-state index contributed by atoms with van der Waals surface area (Å²) >= 11 is 1.52. The summed E-state index contributed by atoms with van der Waals surface area (Å²) in [6.45, 7) is 5.16. The fourth-order valence-corrected chi connectivity index (χ4v) is 5.17. The molecule has 186 valence electrons. The van der Waals surface area contributed by atoms with Crippen molar-refractivity contribution in [3.8, 4) is 22.1 Å². The molecule has 0 atom stereocenters. The number of nitrogens with one attached hydrogen (secondary N) is 1. The second kappa shape index (κ2) is 10.6. The van der Waals surface area contributed by atoms with Gasteiger partial charge in [-0.25, -0.2) is 9.97 Å². The quantitative estimate of drug-likeness (QED) is 0.401. The van der Waals surface area contributed by atoms with Gasteiger partial charge in [0, 0.05) is 56.1 Å². The van der Waals surface area contributed by atoms with Gasteiger partial charge in [0.2, 0.25) is 0 Å². The van der Waals surface area contributed by atoms with Crippen LogP contribution >= 0.6 is 11.3 Å². The summed E-state index contributed by atoms with van der Waals surface area (Å²) in [5.74, 6) is 0.850. The number of carbonyl (C=O) groups excluding carboxylic acids is 1. The van der Waals surface area contributed by atoms with Crippen LogP contribution in [-0.2, 0) is 6.54 Å². The van der Waals surface area contributed by atoms with Gasteiger partial charge in [0.05, 0.1) is 19.9 Å². The fourth-order valence-electron chi connectivity index (χ4n) is 4.24. The van der Waals surface area contributed by atoms with Gasteiger partial charge in [-0.3, -0.25) is 9.69 Å². The molecule has 8 nitrogen and oxygen atoms in total. The number of amides is 1. The minimum atomic E-state index is -0.256. The molecule has 1 amide bonds. The van der Waals surface area contributed by atoms with E-state index in [9.17, 15) is 4.79 Å². The van der Waals surface area contributed by atoms with Crippen LogP contribution in [0.25, 0.3) is 20.9 Å². The van der Waals surface area contributed by atoms with Crippen molar-refractivity contribution < 1.29 is 14.3 Å². The van der Waals surface area contributed by atoms with Gasteiger partial charge in [-0.1, -0.05) is 23.5 Å². The predicted octanol–water partition coefficient (Wildman–Crippen LogP) is 4.38. The smallest absolute Gasteiger partial charge is 0.255 e. The van der Waals surface area contributed by atoms with Gasteiger partial charge in [0.1, 0.15) is 26.9 Å².